The monoisotopic (exact) mass is 398 g/mol. The van der Waals surface area contributed by atoms with E-state index < -0.39 is 15.3 Å². The molecule has 1 aliphatic heterocycles. The molecule has 9 heteroatoms. The van der Waals surface area contributed by atoms with Gasteiger partial charge in [0.15, 0.2) is 5.82 Å². The summed E-state index contributed by atoms with van der Waals surface area (Å²) in [6, 6.07) is 5.98. The quantitative estimate of drug-likeness (QED) is 0.583. The fourth-order valence-electron chi connectivity index (χ4n) is 3.85. The molecule has 2 N–H and O–H groups in total. The molecular formula is C19H22N6O2S. The SMILES string of the molecule is C[C@@H]1COCCN1c1cc(C2([SH](=N)=O)CC2)nc(-c2ccnc3[nH]ccc23)n1. The number of rotatable bonds is 4. The molecular weight excluding hydrogens is 376 g/mol. The van der Waals surface area contributed by atoms with E-state index in [1.807, 2.05) is 24.4 Å². The van der Waals surface area contributed by atoms with Gasteiger partial charge in [-0.15, -0.1) is 0 Å². The van der Waals surface area contributed by atoms with Gasteiger partial charge in [0.05, 0.1) is 29.7 Å². The van der Waals surface area contributed by atoms with Crippen molar-refractivity contribution in [1.29, 1.82) is 4.78 Å². The minimum absolute atomic E-state index is 0.189. The second-order valence-corrected chi connectivity index (χ2v) is 8.92. The molecule has 2 atom stereocenters. The third kappa shape index (κ3) is 2.77. The highest BCUT2D eigenvalue weighted by Crippen LogP contribution is 2.49. The first-order valence-electron chi connectivity index (χ1n) is 9.43. The summed E-state index contributed by atoms with van der Waals surface area (Å²) >= 11 is 0. The summed E-state index contributed by atoms with van der Waals surface area (Å²) < 4.78 is 25.1. The number of nitrogens with one attached hydrogen (secondary N) is 2. The Labute approximate surface area is 164 Å². The van der Waals surface area contributed by atoms with Gasteiger partial charge in [0.1, 0.15) is 11.5 Å². The van der Waals surface area contributed by atoms with E-state index in [4.69, 9.17) is 19.5 Å². The molecule has 0 spiro atoms. The number of morpholine rings is 1. The van der Waals surface area contributed by atoms with Gasteiger partial charge in [-0.2, -0.15) is 0 Å². The van der Waals surface area contributed by atoms with Crippen molar-refractivity contribution in [3.8, 4) is 11.4 Å². The number of ether oxygens (including phenoxy) is 1. The van der Waals surface area contributed by atoms with Gasteiger partial charge in [0.2, 0.25) is 0 Å². The van der Waals surface area contributed by atoms with Crippen LogP contribution in [-0.2, 0) is 20.1 Å². The lowest BCUT2D eigenvalue weighted by atomic mass is 10.1. The number of H-pyrrole nitrogens is 1. The Morgan fingerprint density at radius 1 is 1.36 bits per heavy atom. The minimum atomic E-state index is -2.11. The predicted octanol–water partition coefficient (Wildman–Crippen LogP) is 2.48. The average molecular weight is 398 g/mol. The topological polar surface area (TPSA) is 108 Å². The van der Waals surface area contributed by atoms with Crippen LogP contribution >= 0.6 is 0 Å². The zero-order valence-corrected chi connectivity index (χ0v) is 16.4. The first kappa shape index (κ1) is 17.6. The molecule has 3 aromatic heterocycles. The number of aromatic nitrogens is 4. The van der Waals surface area contributed by atoms with E-state index in [0.717, 1.165) is 41.8 Å². The van der Waals surface area contributed by atoms with Crippen molar-refractivity contribution in [3.05, 3.63) is 36.3 Å². The van der Waals surface area contributed by atoms with Crippen LogP contribution in [0.25, 0.3) is 22.4 Å². The molecule has 0 aromatic carbocycles. The van der Waals surface area contributed by atoms with Gasteiger partial charge in [0, 0.05) is 46.6 Å². The van der Waals surface area contributed by atoms with Gasteiger partial charge in [0.25, 0.3) is 0 Å². The Balaban J connectivity index is 1.70. The Hall–Kier alpha value is -2.52. The second-order valence-electron chi connectivity index (χ2n) is 7.48. The van der Waals surface area contributed by atoms with E-state index in [1.165, 1.54) is 0 Å². The fraction of sp³-hybridized carbons (Fsp3) is 0.421. The molecule has 3 aromatic rings. The van der Waals surface area contributed by atoms with Gasteiger partial charge in [-0.1, -0.05) is 0 Å². The summed E-state index contributed by atoms with van der Waals surface area (Å²) in [5.74, 6) is 1.39. The first-order chi connectivity index (χ1) is 13.6. The lowest BCUT2D eigenvalue weighted by Gasteiger charge is -2.34. The molecule has 1 aliphatic carbocycles. The molecule has 28 heavy (non-hydrogen) atoms. The molecule has 0 bridgehead atoms. The lowest BCUT2D eigenvalue weighted by molar-refractivity contribution is 0.0985. The number of thiol groups is 1. The van der Waals surface area contributed by atoms with Crippen molar-refractivity contribution in [2.45, 2.75) is 30.6 Å². The highest BCUT2D eigenvalue weighted by Gasteiger charge is 2.48. The normalized spacial score (nSPS) is 22.3. The van der Waals surface area contributed by atoms with E-state index in [9.17, 15) is 4.21 Å². The van der Waals surface area contributed by atoms with Crippen molar-refractivity contribution in [3.63, 3.8) is 0 Å². The summed E-state index contributed by atoms with van der Waals surface area (Å²) in [6.07, 6.45) is 5.05. The molecule has 4 heterocycles. The Bertz CT molecular complexity index is 1110. The molecule has 1 saturated heterocycles. The maximum Gasteiger partial charge on any atom is 0.162 e. The van der Waals surface area contributed by atoms with Gasteiger partial charge in [-0.3, -0.25) is 8.99 Å². The number of fused-ring (bicyclic) bond motifs is 1. The van der Waals surface area contributed by atoms with Crippen molar-refractivity contribution in [2.24, 2.45) is 0 Å². The van der Waals surface area contributed by atoms with Gasteiger partial charge in [-0.05, 0) is 31.9 Å². The number of nitrogens with zero attached hydrogens (tertiary/aromatic N) is 4. The number of hydrogen-bond acceptors (Lipinski definition) is 7. The van der Waals surface area contributed by atoms with Gasteiger partial charge in [-0.25, -0.2) is 15.0 Å². The van der Waals surface area contributed by atoms with Gasteiger partial charge >= 0.3 is 0 Å². The summed E-state index contributed by atoms with van der Waals surface area (Å²) in [6.45, 7) is 4.14. The molecule has 0 radical (unpaired) electrons. The van der Waals surface area contributed by atoms with Crippen LogP contribution in [0.3, 0.4) is 0 Å². The first-order valence-corrected chi connectivity index (χ1v) is 10.7. The molecule has 0 amide bonds. The third-order valence-electron chi connectivity index (χ3n) is 5.66. The second kappa shape index (κ2) is 6.52. The van der Waals surface area contributed by atoms with Crippen LogP contribution in [-0.4, -0.2) is 49.9 Å². The van der Waals surface area contributed by atoms with Crippen LogP contribution in [0.5, 0.6) is 0 Å². The van der Waals surface area contributed by atoms with Crippen molar-refractivity contribution >= 4 is 27.4 Å². The number of aromatic amines is 1. The molecule has 2 aliphatic rings. The highest BCUT2D eigenvalue weighted by atomic mass is 32.2. The minimum Gasteiger partial charge on any atom is -0.377 e. The van der Waals surface area contributed by atoms with Crippen molar-refractivity contribution in [1.82, 2.24) is 19.9 Å². The molecule has 8 nitrogen and oxygen atoms in total. The maximum atomic E-state index is 12.2. The molecule has 2 fully saturated rings. The smallest absolute Gasteiger partial charge is 0.162 e. The highest BCUT2D eigenvalue weighted by molar-refractivity contribution is 7.75. The van der Waals surface area contributed by atoms with Crippen LogP contribution in [0.2, 0.25) is 0 Å². The van der Waals surface area contributed by atoms with Crippen LogP contribution in [0.1, 0.15) is 25.5 Å². The Kier molecular flexibility index (Phi) is 4.09. The van der Waals surface area contributed by atoms with Crippen molar-refractivity contribution in [2.75, 3.05) is 24.7 Å². The lowest BCUT2D eigenvalue weighted by Crippen LogP contribution is -2.44. The summed E-state index contributed by atoms with van der Waals surface area (Å²) in [4.78, 5) is 19.3. The summed E-state index contributed by atoms with van der Waals surface area (Å²) in [7, 11) is -2.11. The summed E-state index contributed by atoms with van der Waals surface area (Å²) in [5.41, 5.74) is 2.37. The number of hydrogen-bond donors (Lipinski definition) is 3. The van der Waals surface area contributed by atoms with E-state index in [2.05, 4.69) is 21.8 Å². The third-order valence-corrected chi connectivity index (χ3v) is 7.12. The summed E-state index contributed by atoms with van der Waals surface area (Å²) in [5, 5.41) is 0.945. The van der Waals surface area contributed by atoms with E-state index in [1.54, 1.807) is 6.20 Å². The van der Waals surface area contributed by atoms with E-state index in [-0.39, 0.29) is 6.04 Å². The molecule has 1 saturated carbocycles. The standard InChI is InChI=1S/C19H22N6O2S/c1-12-11-27-9-8-25(12)16-10-15(19(4-5-19)28(20)26)23-18(24-16)14-3-7-22-17-13(14)2-6-21-17/h2-3,6-7,10,12,20,28H,4-5,8-9,11H2,1H3,(H,21,22)/t12-/m1/s1. The zero-order valence-electron chi connectivity index (χ0n) is 15.6. The molecule has 5 rings (SSSR count). The van der Waals surface area contributed by atoms with Crippen LogP contribution in [0.15, 0.2) is 30.6 Å². The van der Waals surface area contributed by atoms with Crippen molar-refractivity contribution < 1.29 is 8.95 Å². The number of anilines is 1. The molecule has 1 unspecified atom stereocenters. The van der Waals surface area contributed by atoms with E-state index in [0.29, 0.717) is 24.7 Å². The number of pyridine rings is 1. The average Bonchev–Trinajstić information content (AvgIpc) is 3.39. The van der Waals surface area contributed by atoms with Gasteiger partial charge < -0.3 is 14.6 Å². The van der Waals surface area contributed by atoms with Crippen LogP contribution in [0, 0.1) is 4.78 Å². The predicted molar refractivity (Wildman–Crippen MR) is 108 cm³/mol. The zero-order chi connectivity index (χ0) is 19.3. The van der Waals surface area contributed by atoms with Crippen LogP contribution < -0.4 is 4.90 Å². The largest absolute Gasteiger partial charge is 0.377 e. The Morgan fingerprint density at radius 3 is 2.96 bits per heavy atom. The Morgan fingerprint density at radius 2 is 2.21 bits per heavy atom. The van der Waals surface area contributed by atoms with Crippen LogP contribution in [0.4, 0.5) is 5.82 Å². The maximum absolute atomic E-state index is 12.2. The fourth-order valence-corrected chi connectivity index (χ4v) is 4.69. The van der Waals surface area contributed by atoms with E-state index >= 15 is 0 Å². The molecule has 146 valence electrons.